The highest BCUT2D eigenvalue weighted by molar-refractivity contribution is 5.91. The summed E-state index contributed by atoms with van der Waals surface area (Å²) in [4.78, 5) is 11.1. The van der Waals surface area contributed by atoms with Crippen molar-refractivity contribution >= 4 is 12.0 Å². The lowest BCUT2D eigenvalue weighted by molar-refractivity contribution is -0.116. The fourth-order valence-electron chi connectivity index (χ4n) is 0.997. The Morgan fingerprint density at radius 1 is 1.60 bits per heavy atom. The predicted molar refractivity (Wildman–Crippen MR) is 59.0 cm³/mol. The number of hydrogen-bond donors (Lipinski definition) is 2. The molecule has 1 aromatic carbocycles. The van der Waals surface area contributed by atoms with Crippen LogP contribution in [-0.2, 0) is 4.79 Å². The summed E-state index contributed by atoms with van der Waals surface area (Å²) in [5.41, 5.74) is 0.755. The van der Waals surface area contributed by atoms with Crippen LogP contribution in [0.25, 0.3) is 6.08 Å². The van der Waals surface area contributed by atoms with Gasteiger partial charge in [-0.3, -0.25) is 4.79 Å². The first-order chi connectivity index (χ1) is 7.22. The molecular formula is C12H11NO2. The summed E-state index contributed by atoms with van der Waals surface area (Å²) in [5, 5.41) is 11.7. The molecule has 0 unspecified atom stereocenters. The van der Waals surface area contributed by atoms with Crippen LogP contribution in [0, 0.1) is 12.3 Å². The average molecular weight is 201 g/mol. The minimum atomic E-state index is -0.253. The lowest BCUT2D eigenvalue weighted by Crippen LogP contribution is -2.20. The normalized spacial score (nSPS) is 9.80. The highest BCUT2D eigenvalue weighted by Gasteiger charge is 1.93. The van der Waals surface area contributed by atoms with Crippen molar-refractivity contribution in [2.75, 3.05) is 6.54 Å². The summed E-state index contributed by atoms with van der Waals surface area (Å²) in [5.74, 6) is 2.21. The third-order valence-corrected chi connectivity index (χ3v) is 1.66. The second-order valence-corrected chi connectivity index (χ2v) is 2.85. The highest BCUT2D eigenvalue weighted by Crippen LogP contribution is 2.11. The van der Waals surface area contributed by atoms with Crippen LogP contribution < -0.4 is 5.32 Å². The molecule has 0 atom stereocenters. The second-order valence-electron chi connectivity index (χ2n) is 2.85. The molecule has 0 bridgehead atoms. The Morgan fingerprint density at radius 2 is 2.40 bits per heavy atom. The standard InChI is InChI=1S/C12H11NO2/c1-2-8-13-12(15)7-6-10-4-3-5-11(14)9-10/h1,3-7,9,14H,8H2,(H,13,15)/b7-6+. The minimum Gasteiger partial charge on any atom is -0.508 e. The van der Waals surface area contributed by atoms with Crippen molar-refractivity contribution in [2.45, 2.75) is 0 Å². The number of rotatable bonds is 3. The van der Waals surface area contributed by atoms with E-state index in [-0.39, 0.29) is 18.2 Å². The van der Waals surface area contributed by atoms with Gasteiger partial charge in [-0.15, -0.1) is 6.42 Å². The topological polar surface area (TPSA) is 49.3 Å². The maximum Gasteiger partial charge on any atom is 0.244 e. The van der Waals surface area contributed by atoms with Crippen LogP contribution in [-0.4, -0.2) is 17.6 Å². The van der Waals surface area contributed by atoms with Crippen molar-refractivity contribution in [1.82, 2.24) is 5.32 Å². The molecule has 0 heterocycles. The van der Waals surface area contributed by atoms with Crippen molar-refractivity contribution in [2.24, 2.45) is 0 Å². The van der Waals surface area contributed by atoms with E-state index in [4.69, 9.17) is 11.5 Å². The molecule has 1 rings (SSSR count). The Bertz CT molecular complexity index is 416. The Labute approximate surface area is 88.4 Å². The van der Waals surface area contributed by atoms with E-state index in [0.717, 1.165) is 5.56 Å². The van der Waals surface area contributed by atoms with Gasteiger partial charge in [0.05, 0.1) is 6.54 Å². The first-order valence-electron chi connectivity index (χ1n) is 4.41. The zero-order valence-electron chi connectivity index (χ0n) is 8.10. The van der Waals surface area contributed by atoms with Crippen molar-refractivity contribution in [3.8, 4) is 18.1 Å². The Kier molecular flexibility index (Phi) is 3.99. The van der Waals surface area contributed by atoms with Crippen LogP contribution in [0.5, 0.6) is 5.75 Å². The SMILES string of the molecule is C#CCNC(=O)/C=C/c1cccc(O)c1. The van der Waals surface area contributed by atoms with Crippen LogP contribution in [0.3, 0.4) is 0 Å². The molecule has 0 aliphatic rings. The number of terminal acetylenes is 1. The lowest BCUT2D eigenvalue weighted by Gasteiger charge is -1.96. The van der Waals surface area contributed by atoms with E-state index in [2.05, 4.69) is 11.2 Å². The maximum absolute atomic E-state index is 11.1. The van der Waals surface area contributed by atoms with Gasteiger partial charge in [0.2, 0.25) is 5.91 Å². The third-order valence-electron chi connectivity index (χ3n) is 1.66. The summed E-state index contributed by atoms with van der Waals surface area (Å²) in [7, 11) is 0. The number of carbonyl (C=O) groups excluding carboxylic acids is 1. The first-order valence-corrected chi connectivity index (χ1v) is 4.41. The van der Waals surface area contributed by atoms with Gasteiger partial charge in [-0.2, -0.15) is 0 Å². The highest BCUT2D eigenvalue weighted by atomic mass is 16.3. The van der Waals surface area contributed by atoms with E-state index in [1.54, 1.807) is 30.3 Å². The summed E-state index contributed by atoms with van der Waals surface area (Å²) in [6.45, 7) is 0.212. The molecule has 0 fully saturated rings. The summed E-state index contributed by atoms with van der Waals surface area (Å²) in [6, 6.07) is 6.61. The molecule has 15 heavy (non-hydrogen) atoms. The van der Waals surface area contributed by atoms with Crippen molar-refractivity contribution in [3.05, 3.63) is 35.9 Å². The summed E-state index contributed by atoms with van der Waals surface area (Å²) >= 11 is 0. The van der Waals surface area contributed by atoms with Gasteiger partial charge < -0.3 is 10.4 Å². The van der Waals surface area contributed by atoms with E-state index < -0.39 is 0 Å². The van der Waals surface area contributed by atoms with Gasteiger partial charge in [0, 0.05) is 6.08 Å². The van der Waals surface area contributed by atoms with Crippen LogP contribution >= 0.6 is 0 Å². The molecular weight excluding hydrogens is 190 g/mol. The molecule has 0 saturated heterocycles. The van der Waals surface area contributed by atoms with Gasteiger partial charge in [0.1, 0.15) is 5.75 Å². The summed E-state index contributed by atoms with van der Waals surface area (Å²) < 4.78 is 0. The van der Waals surface area contributed by atoms with Gasteiger partial charge >= 0.3 is 0 Å². The number of hydrogen-bond acceptors (Lipinski definition) is 2. The van der Waals surface area contributed by atoms with Gasteiger partial charge in [0.25, 0.3) is 0 Å². The van der Waals surface area contributed by atoms with E-state index >= 15 is 0 Å². The number of phenols is 1. The Morgan fingerprint density at radius 3 is 3.07 bits per heavy atom. The number of amides is 1. The molecule has 76 valence electrons. The van der Waals surface area contributed by atoms with Crippen molar-refractivity contribution < 1.29 is 9.90 Å². The van der Waals surface area contributed by atoms with Crippen molar-refractivity contribution in [1.29, 1.82) is 0 Å². The fraction of sp³-hybridized carbons (Fsp3) is 0.0833. The quantitative estimate of drug-likeness (QED) is 0.569. The zero-order chi connectivity index (χ0) is 11.1. The molecule has 3 nitrogen and oxygen atoms in total. The zero-order valence-corrected chi connectivity index (χ0v) is 8.10. The minimum absolute atomic E-state index is 0.168. The van der Waals surface area contributed by atoms with Gasteiger partial charge in [-0.05, 0) is 23.8 Å². The van der Waals surface area contributed by atoms with E-state index in [0.29, 0.717) is 0 Å². The van der Waals surface area contributed by atoms with Gasteiger partial charge in [0.15, 0.2) is 0 Å². The van der Waals surface area contributed by atoms with E-state index in [9.17, 15) is 4.79 Å². The second kappa shape index (κ2) is 5.51. The number of benzene rings is 1. The molecule has 1 aromatic rings. The number of aromatic hydroxyl groups is 1. The van der Waals surface area contributed by atoms with Crippen LogP contribution in [0.4, 0.5) is 0 Å². The number of phenolic OH excluding ortho intramolecular Hbond substituents is 1. The third kappa shape index (κ3) is 4.01. The number of nitrogens with one attached hydrogen (secondary N) is 1. The molecule has 1 amide bonds. The first kappa shape index (κ1) is 10.9. The Balaban J connectivity index is 2.58. The predicted octanol–water partition coefficient (Wildman–Crippen LogP) is 1.15. The molecule has 0 aliphatic heterocycles. The fourth-order valence-corrected chi connectivity index (χ4v) is 0.997. The average Bonchev–Trinajstić information content (AvgIpc) is 2.23. The van der Waals surface area contributed by atoms with Crippen LogP contribution in [0.15, 0.2) is 30.3 Å². The largest absolute Gasteiger partial charge is 0.508 e. The van der Waals surface area contributed by atoms with Gasteiger partial charge in [-0.25, -0.2) is 0 Å². The number of carbonyl (C=O) groups is 1. The molecule has 0 saturated carbocycles. The van der Waals surface area contributed by atoms with E-state index in [1.807, 2.05) is 0 Å². The van der Waals surface area contributed by atoms with Crippen molar-refractivity contribution in [3.63, 3.8) is 0 Å². The molecule has 0 aromatic heterocycles. The monoisotopic (exact) mass is 201 g/mol. The van der Waals surface area contributed by atoms with Gasteiger partial charge in [-0.1, -0.05) is 18.1 Å². The smallest absolute Gasteiger partial charge is 0.244 e. The molecule has 0 radical (unpaired) electrons. The Hall–Kier alpha value is -2.21. The maximum atomic E-state index is 11.1. The molecule has 2 N–H and O–H groups in total. The lowest BCUT2D eigenvalue weighted by atomic mass is 10.2. The van der Waals surface area contributed by atoms with E-state index in [1.165, 1.54) is 6.08 Å². The molecule has 0 spiro atoms. The molecule has 3 heteroatoms. The summed E-state index contributed by atoms with van der Waals surface area (Å²) in [6.07, 6.45) is 7.95. The van der Waals surface area contributed by atoms with Crippen LogP contribution in [0.2, 0.25) is 0 Å². The van der Waals surface area contributed by atoms with Crippen LogP contribution in [0.1, 0.15) is 5.56 Å². The molecule has 0 aliphatic carbocycles.